The van der Waals surface area contributed by atoms with Crippen LogP contribution in [-0.4, -0.2) is 36.5 Å². The van der Waals surface area contributed by atoms with Crippen molar-refractivity contribution in [3.63, 3.8) is 0 Å². The maximum atomic E-state index is 5.77. The van der Waals surface area contributed by atoms with Crippen molar-refractivity contribution in [1.82, 2.24) is 10.4 Å². The molecule has 0 spiro atoms. The molecule has 6 nitrogen and oxygen atoms in total. The van der Waals surface area contributed by atoms with Crippen LogP contribution in [0.4, 0.5) is 11.4 Å². The Morgan fingerprint density at radius 2 is 1.79 bits per heavy atom. The number of anilines is 1. The van der Waals surface area contributed by atoms with Crippen molar-refractivity contribution in [2.45, 2.75) is 45.4 Å². The van der Waals surface area contributed by atoms with Gasteiger partial charge in [0, 0.05) is 37.4 Å². The lowest BCUT2D eigenvalue weighted by atomic mass is 10.1. The number of allylic oxidation sites excluding steroid dienone is 3. The van der Waals surface area contributed by atoms with Gasteiger partial charge in [-0.05, 0) is 75.4 Å². The minimum Gasteiger partial charge on any atom is -0.433 e. The fourth-order valence-corrected chi connectivity index (χ4v) is 3.78. The summed E-state index contributed by atoms with van der Waals surface area (Å²) in [5.74, 6) is 1.03. The molecule has 4 rings (SSSR count). The minimum absolute atomic E-state index is 0.463. The number of piperidine rings is 2. The Balaban J connectivity index is 1.53. The summed E-state index contributed by atoms with van der Waals surface area (Å²) in [6.45, 7) is 5.19. The Bertz CT molecular complexity index is 788. The summed E-state index contributed by atoms with van der Waals surface area (Å²) in [5.41, 5.74) is 6.43. The van der Waals surface area contributed by atoms with E-state index in [0.717, 1.165) is 56.1 Å². The molecule has 1 aromatic carbocycles. The molecule has 0 unspecified atom stereocenters. The highest BCUT2D eigenvalue weighted by Crippen LogP contribution is 2.23. The van der Waals surface area contributed by atoms with Crippen molar-refractivity contribution in [2.75, 3.05) is 24.5 Å². The molecule has 0 bridgehead atoms. The number of hydrazine groups is 1. The van der Waals surface area contributed by atoms with Crippen LogP contribution in [0.25, 0.3) is 0 Å². The van der Waals surface area contributed by atoms with E-state index in [1.807, 2.05) is 19.1 Å². The van der Waals surface area contributed by atoms with E-state index in [0.29, 0.717) is 6.02 Å². The summed E-state index contributed by atoms with van der Waals surface area (Å²) < 4.78 is 5.77. The molecule has 148 valence electrons. The van der Waals surface area contributed by atoms with E-state index < -0.39 is 0 Å². The molecule has 0 amide bonds. The van der Waals surface area contributed by atoms with E-state index in [2.05, 4.69) is 44.6 Å². The predicted octanol–water partition coefficient (Wildman–Crippen LogP) is 4.50. The molecular weight excluding hydrogens is 350 g/mol. The zero-order valence-electron chi connectivity index (χ0n) is 16.6. The number of nitrogens with one attached hydrogen (secondary N) is 1. The smallest absolute Gasteiger partial charge is 0.314 e. The van der Waals surface area contributed by atoms with Crippen LogP contribution >= 0.6 is 0 Å². The monoisotopic (exact) mass is 379 g/mol. The molecule has 1 aromatic rings. The van der Waals surface area contributed by atoms with Gasteiger partial charge in [0.2, 0.25) is 0 Å². The second-order valence-corrected chi connectivity index (χ2v) is 7.48. The predicted molar refractivity (Wildman–Crippen MR) is 115 cm³/mol. The SMILES string of the molecule is C/C1=C\C=C\OC(=Nc2ccc(N3CCCCC3)cc2)NN2CCCCC2=N1. The van der Waals surface area contributed by atoms with Crippen LogP contribution in [-0.2, 0) is 4.74 Å². The van der Waals surface area contributed by atoms with E-state index in [4.69, 9.17) is 9.73 Å². The van der Waals surface area contributed by atoms with Gasteiger partial charge in [-0.3, -0.25) is 5.01 Å². The molecular formula is C22H29N5O. The van der Waals surface area contributed by atoms with Crippen LogP contribution in [0.3, 0.4) is 0 Å². The lowest BCUT2D eigenvalue weighted by molar-refractivity contribution is 0.295. The first-order valence-corrected chi connectivity index (χ1v) is 10.3. The van der Waals surface area contributed by atoms with E-state index >= 15 is 0 Å². The van der Waals surface area contributed by atoms with Crippen LogP contribution in [0.2, 0.25) is 0 Å². The van der Waals surface area contributed by atoms with Gasteiger partial charge in [0.05, 0.1) is 11.9 Å². The Morgan fingerprint density at radius 1 is 1.00 bits per heavy atom. The van der Waals surface area contributed by atoms with Gasteiger partial charge in [-0.15, -0.1) is 0 Å². The number of hydrogen-bond donors (Lipinski definition) is 1. The molecule has 0 atom stereocenters. The molecule has 28 heavy (non-hydrogen) atoms. The van der Waals surface area contributed by atoms with Gasteiger partial charge in [0.15, 0.2) is 0 Å². The van der Waals surface area contributed by atoms with Gasteiger partial charge in [-0.2, -0.15) is 4.99 Å². The van der Waals surface area contributed by atoms with Gasteiger partial charge in [0.25, 0.3) is 0 Å². The molecule has 0 aromatic heterocycles. The van der Waals surface area contributed by atoms with Crippen LogP contribution < -0.4 is 10.3 Å². The van der Waals surface area contributed by atoms with Gasteiger partial charge in [0.1, 0.15) is 5.84 Å². The second-order valence-electron chi connectivity index (χ2n) is 7.48. The van der Waals surface area contributed by atoms with Crippen molar-refractivity contribution in [2.24, 2.45) is 9.98 Å². The standard InChI is InChI=1S/C22H29N5O/c1-18-8-7-17-28-22(25-27-16-6-3-9-21(27)23-18)24-19-10-12-20(13-11-19)26-14-4-2-5-15-26/h7-8,10-13,17H,2-6,9,14-16H2,1H3,(H,24,25)/b17-7+,18-8+,23-21?. The zero-order valence-corrected chi connectivity index (χ0v) is 16.6. The van der Waals surface area contributed by atoms with Crippen LogP contribution in [0.5, 0.6) is 0 Å². The van der Waals surface area contributed by atoms with Gasteiger partial charge in [-0.1, -0.05) is 0 Å². The van der Waals surface area contributed by atoms with Crippen molar-refractivity contribution in [3.8, 4) is 0 Å². The molecule has 3 heterocycles. The molecule has 6 heteroatoms. The van der Waals surface area contributed by atoms with Crippen molar-refractivity contribution < 1.29 is 4.74 Å². The average Bonchev–Trinajstić information content (AvgIpc) is 2.73. The number of aliphatic imine (C=N–C) groups is 2. The van der Waals surface area contributed by atoms with Crippen molar-refractivity contribution in [3.05, 3.63) is 48.4 Å². The topological polar surface area (TPSA) is 52.5 Å². The number of ether oxygens (including phenoxy) is 1. The number of hydrogen-bond acceptors (Lipinski definition) is 5. The maximum Gasteiger partial charge on any atom is 0.314 e. The molecule has 2 fully saturated rings. The van der Waals surface area contributed by atoms with Crippen molar-refractivity contribution in [1.29, 1.82) is 0 Å². The number of fused-ring (bicyclic) bond motifs is 1. The summed E-state index contributed by atoms with van der Waals surface area (Å²) in [6.07, 6.45) is 12.6. The van der Waals surface area contributed by atoms with Gasteiger partial charge < -0.3 is 9.64 Å². The lowest BCUT2D eigenvalue weighted by Gasteiger charge is -2.31. The van der Waals surface area contributed by atoms with Gasteiger partial charge in [-0.25, -0.2) is 10.4 Å². The molecule has 0 radical (unpaired) electrons. The Kier molecular flexibility index (Phi) is 5.95. The van der Waals surface area contributed by atoms with E-state index in [-0.39, 0.29) is 0 Å². The summed E-state index contributed by atoms with van der Waals surface area (Å²) in [6, 6.07) is 8.88. The highest BCUT2D eigenvalue weighted by atomic mass is 16.5. The van der Waals surface area contributed by atoms with E-state index in [1.165, 1.54) is 24.9 Å². The maximum absolute atomic E-state index is 5.77. The number of amidine groups is 2. The fourth-order valence-electron chi connectivity index (χ4n) is 3.78. The Labute approximate surface area is 167 Å². The largest absolute Gasteiger partial charge is 0.433 e. The van der Waals surface area contributed by atoms with Crippen LogP contribution in [0, 0.1) is 0 Å². The highest BCUT2D eigenvalue weighted by Gasteiger charge is 2.19. The summed E-state index contributed by atoms with van der Waals surface area (Å²) in [4.78, 5) is 11.9. The van der Waals surface area contributed by atoms with Crippen molar-refractivity contribution >= 4 is 23.2 Å². The molecule has 2 saturated heterocycles. The van der Waals surface area contributed by atoms with Crippen LogP contribution in [0.1, 0.15) is 45.4 Å². The minimum atomic E-state index is 0.463. The summed E-state index contributed by atoms with van der Waals surface area (Å²) >= 11 is 0. The second kappa shape index (κ2) is 8.95. The third-order valence-electron chi connectivity index (χ3n) is 5.28. The van der Waals surface area contributed by atoms with Gasteiger partial charge >= 0.3 is 6.02 Å². The number of nitrogens with zero attached hydrogens (tertiary/aromatic N) is 4. The molecule has 0 saturated carbocycles. The quantitative estimate of drug-likeness (QED) is 0.822. The zero-order chi connectivity index (χ0) is 19.2. The molecule has 0 aliphatic carbocycles. The first-order chi connectivity index (χ1) is 13.8. The normalized spacial score (nSPS) is 25.0. The third-order valence-corrected chi connectivity index (χ3v) is 5.28. The Morgan fingerprint density at radius 3 is 2.61 bits per heavy atom. The molecule has 3 aliphatic heterocycles. The lowest BCUT2D eigenvalue weighted by Crippen LogP contribution is -2.49. The first-order valence-electron chi connectivity index (χ1n) is 10.3. The molecule has 1 N–H and O–H groups in total. The van der Waals surface area contributed by atoms with Crippen LogP contribution in [0.15, 0.2) is 58.4 Å². The Hall–Kier alpha value is -2.76. The average molecular weight is 380 g/mol. The highest BCUT2D eigenvalue weighted by molar-refractivity contribution is 5.87. The first kappa shape index (κ1) is 18.6. The summed E-state index contributed by atoms with van der Waals surface area (Å²) in [5, 5.41) is 2.06. The third kappa shape index (κ3) is 4.74. The van der Waals surface area contributed by atoms with E-state index in [1.54, 1.807) is 6.26 Å². The number of benzene rings is 1. The fraction of sp³-hybridized carbons (Fsp3) is 0.455. The van der Waals surface area contributed by atoms with E-state index in [9.17, 15) is 0 Å². The summed E-state index contributed by atoms with van der Waals surface area (Å²) in [7, 11) is 0. The molecule has 3 aliphatic rings. The number of rotatable bonds is 2.